The lowest BCUT2D eigenvalue weighted by Gasteiger charge is -2.38. The number of rotatable bonds is 7. The highest BCUT2D eigenvalue weighted by Gasteiger charge is 2.64. The molecular weight excluding hydrogens is 618 g/mol. The minimum absolute atomic E-state index is 0.0803. The SMILES string of the molecule is COc1cc(C(=O)O)c(F)cc1NC(=O)[C@H]1[C@H](c2cccc(Cl)c2F)[C@@](C#N)(c2ccc(Cl)cc2F)[C@H](CC(C)(C)C)N1C. The lowest BCUT2D eigenvalue weighted by atomic mass is 9.62. The molecule has 7 nitrogen and oxygen atoms in total. The van der Waals surface area contributed by atoms with Crippen LogP contribution in [0.25, 0.3) is 0 Å². The highest BCUT2D eigenvalue weighted by atomic mass is 35.5. The Bertz CT molecular complexity index is 1670. The fourth-order valence-corrected chi connectivity index (χ4v) is 6.51. The van der Waals surface area contributed by atoms with Crippen LogP contribution in [0.5, 0.6) is 5.75 Å². The molecule has 0 saturated carbocycles. The van der Waals surface area contributed by atoms with Gasteiger partial charge in [-0.3, -0.25) is 9.69 Å². The number of nitriles is 1. The van der Waals surface area contributed by atoms with E-state index in [1.54, 1.807) is 11.9 Å². The van der Waals surface area contributed by atoms with Crippen LogP contribution in [0.2, 0.25) is 10.0 Å². The summed E-state index contributed by atoms with van der Waals surface area (Å²) in [4.78, 5) is 27.3. The Morgan fingerprint density at radius 2 is 1.80 bits per heavy atom. The van der Waals surface area contributed by atoms with E-state index >= 15 is 8.78 Å². The number of methoxy groups -OCH3 is 1. The maximum absolute atomic E-state index is 15.9. The number of hydrogen-bond donors (Lipinski definition) is 2. The Balaban J connectivity index is 2.01. The molecule has 0 unspecified atom stereocenters. The van der Waals surface area contributed by atoms with E-state index in [4.69, 9.17) is 27.9 Å². The second-order valence-corrected chi connectivity index (χ2v) is 12.8. The van der Waals surface area contributed by atoms with Crippen LogP contribution in [-0.2, 0) is 10.2 Å². The van der Waals surface area contributed by atoms with Crippen molar-refractivity contribution in [2.45, 2.75) is 50.6 Å². The monoisotopic (exact) mass is 647 g/mol. The van der Waals surface area contributed by atoms with Gasteiger partial charge in [-0.25, -0.2) is 18.0 Å². The summed E-state index contributed by atoms with van der Waals surface area (Å²) in [6.45, 7) is 5.75. The summed E-state index contributed by atoms with van der Waals surface area (Å²) < 4.78 is 51.8. The predicted octanol–water partition coefficient (Wildman–Crippen LogP) is 7.42. The van der Waals surface area contributed by atoms with Gasteiger partial charge in [0.1, 0.15) is 28.6 Å². The normalized spacial score (nSPS) is 22.0. The van der Waals surface area contributed by atoms with Crippen LogP contribution >= 0.6 is 23.2 Å². The summed E-state index contributed by atoms with van der Waals surface area (Å²) in [5, 5.41) is 22.8. The molecule has 4 atom stereocenters. The largest absolute Gasteiger partial charge is 0.495 e. The van der Waals surface area contributed by atoms with Gasteiger partial charge in [-0.05, 0) is 48.7 Å². The second kappa shape index (κ2) is 12.3. The number of likely N-dealkylation sites (tertiary alicyclic amines) is 1. The van der Waals surface area contributed by atoms with E-state index in [0.29, 0.717) is 0 Å². The average Bonchev–Trinajstić information content (AvgIpc) is 3.17. The molecule has 0 spiro atoms. The number of carboxylic acid groups (broad SMARTS) is 1. The summed E-state index contributed by atoms with van der Waals surface area (Å²) in [6.07, 6.45) is 0.271. The predicted molar refractivity (Wildman–Crippen MR) is 161 cm³/mol. The zero-order valence-corrected chi connectivity index (χ0v) is 26.0. The van der Waals surface area contributed by atoms with Crippen LogP contribution in [0.4, 0.5) is 18.9 Å². The Morgan fingerprint density at radius 1 is 1.11 bits per heavy atom. The van der Waals surface area contributed by atoms with Crippen LogP contribution in [0.15, 0.2) is 48.5 Å². The number of ether oxygens (including phenoxy) is 1. The van der Waals surface area contributed by atoms with Crippen molar-refractivity contribution in [2.75, 3.05) is 19.5 Å². The van der Waals surface area contributed by atoms with Gasteiger partial charge in [0.15, 0.2) is 0 Å². The van der Waals surface area contributed by atoms with E-state index < -0.39 is 63.7 Å². The number of anilines is 1. The molecular formula is C32H30Cl2F3N3O4. The number of carbonyl (C=O) groups excluding carboxylic acids is 1. The molecule has 1 amide bonds. The first-order valence-electron chi connectivity index (χ1n) is 13.5. The topological polar surface area (TPSA) is 103 Å². The molecule has 1 heterocycles. The molecule has 12 heteroatoms. The zero-order chi connectivity index (χ0) is 32.7. The molecule has 44 heavy (non-hydrogen) atoms. The van der Waals surface area contributed by atoms with Crippen molar-refractivity contribution in [2.24, 2.45) is 5.41 Å². The molecule has 1 aliphatic rings. The van der Waals surface area contributed by atoms with E-state index in [2.05, 4.69) is 11.4 Å². The lowest BCUT2D eigenvalue weighted by Crippen LogP contribution is -2.45. The van der Waals surface area contributed by atoms with Gasteiger partial charge in [-0.1, -0.05) is 62.2 Å². The zero-order valence-electron chi connectivity index (χ0n) is 24.5. The molecule has 4 rings (SSSR count). The first kappa shape index (κ1) is 33.1. The van der Waals surface area contributed by atoms with Gasteiger partial charge in [-0.2, -0.15) is 5.26 Å². The summed E-state index contributed by atoms with van der Waals surface area (Å²) in [6, 6.07) is 9.83. The van der Waals surface area contributed by atoms with Crippen molar-refractivity contribution >= 4 is 40.8 Å². The summed E-state index contributed by atoms with van der Waals surface area (Å²) >= 11 is 12.3. The van der Waals surface area contributed by atoms with Gasteiger partial charge in [0.2, 0.25) is 5.91 Å². The minimum Gasteiger partial charge on any atom is -0.495 e. The van der Waals surface area contributed by atoms with E-state index in [1.807, 2.05) is 20.8 Å². The first-order valence-corrected chi connectivity index (χ1v) is 14.3. The number of hydrogen-bond acceptors (Lipinski definition) is 5. The quantitative estimate of drug-likeness (QED) is 0.277. The van der Waals surface area contributed by atoms with Crippen molar-refractivity contribution in [1.29, 1.82) is 5.26 Å². The smallest absolute Gasteiger partial charge is 0.338 e. The van der Waals surface area contributed by atoms with E-state index in [1.165, 1.54) is 37.4 Å². The van der Waals surface area contributed by atoms with Crippen molar-refractivity contribution in [3.63, 3.8) is 0 Å². The molecule has 0 aromatic heterocycles. The summed E-state index contributed by atoms with van der Waals surface area (Å²) in [7, 11) is 2.79. The molecule has 0 bridgehead atoms. The highest BCUT2D eigenvalue weighted by Crippen LogP contribution is 2.56. The minimum atomic E-state index is -1.85. The Kier molecular flexibility index (Phi) is 9.27. The van der Waals surface area contributed by atoms with E-state index in [-0.39, 0.29) is 39.0 Å². The van der Waals surface area contributed by atoms with Gasteiger partial charge in [-0.15, -0.1) is 0 Å². The molecule has 2 N–H and O–H groups in total. The van der Waals surface area contributed by atoms with Gasteiger partial charge >= 0.3 is 5.97 Å². The van der Waals surface area contributed by atoms with Crippen molar-refractivity contribution < 1.29 is 32.6 Å². The van der Waals surface area contributed by atoms with Gasteiger partial charge in [0.25, 0.3) is 0 Å². The van der Waals surface area contributed by atoms with Crippen LogP contribution in [0, 0.1) is 34.2 Å². The van der Waals surface area contributed by atoms with E-state index in [9.17, 15) is 24.3 Å². The van der Waals surface area contributed by atoms with Crippen molar-refractivity contribution in [3.8, 4) is 11.8 Å². The molecule has 3 aromatic rings. The number of aromatic carboxylic acids is 1. The maximum atomic E-state index is 15.9. The Hall–Kier alpha value is -3.78. The highest BCUT2D eigenvalue weighted by molar-refractivity contribution is 6.31. The molecule has 3 aromatic carbocycles. The number of carboxylic acids is 1. The van der Waals surface area contributed by atoms with E-state index in [0.717, 1.165) is 18.2 Å². The number of amides is 1. The number of carbonyl (C=O) groups is 2. The molecule has 1 saturated heterocycles. The number of benzene rings is 3. The molecule has 1 aliphatic heterocycles. The van der Waals surface area contributed by atoms with Gasteiger partial charge < -0.3 is 15.2 Å². The van der Waals surface area contributed by atoms with Crippen LogP contribution in [0.3, 0.4) is 0 Å². The average molecular weight is 649 g/mol. The third-order valence-corrected chi connectivity index (χ3v) is 8.52. The number of nitrogens with zero attached hydrogens (tertiary/aromatic N) is 2. The molecule has 0 radical (unpaired) electrons. The van der Waals surface area contributed by atoms with Crippen LogP contribution in [0.1, 0.15) is 54.6 Å². The fraction of sp³-hybridized carbons (Fsp3) is 0.344. The van der Waals surface area contributed by atoms with Gasteiger partial charge in [0, 0.05) is 28.6 Å². The second-order valence-electron chi connectivity index (χ2n) is 11.9. The number of halogens is 5. The van der Waals surface area contributed by atoms with Crippen molar-refractivity contribution in [3.05, 3.63) is 92.7 Å². The molecule has 1 fully saturated rings. The summed E-state index contributed by atoms with van der Waals surface area (Å²) in [5.41, 5.74) is -3.36. The van der Waals surface area contributed by atoms with Crippen LogP contribution in [-0.4, -0.2) is 48.1 Å². The fourth-order valence-electron chi connectivity index (χ4n) is 6.17. The third-order valence-electron chi connectivity index (χ3n) is 7.99. The Labute approximate surface area is 263 Å². The standard InChI is InChI=1S/C32H30Cl2F3N3O4/c1-31(2,3)14-25-32(15-38,19-10-9-16(33)11-22(19)36)26(17-7-6-8-20(34)27(17)37)28(40(25)4)29(41)39-23-13-21(35)18(30(42)43)12-24(23)44-5/h6-13,25-26,28H,14H2,1-5H3,(H,39,41)(H,42,43)/t25-,26-,28+,32-/m0/s1. The third kappa shape index (κ3) is 5.84. The molecule has 0 aliphatic carbocycles. The lowest BCUT2D eigenvalue weighted by molar-refractivity contribution is -0.120. The molecule has 232 valence electrons. The number of likely N-dealkylation sites (N-methyl/N-ethyl adjacent to an activating group) is 1. The first-order chi connectivity index (χ1) is 20.6. The number of nitrogens with one attached hydrogen (secondary N) is 1. The Morgan fingerprint density at radius 3 is 2.36 bits per heavy atom. The van der Waals surface area contributed by atoms with Gasteiger partial charge in [0.05, 0.1) is 35.5 Å². The van der Waals surface area contributed by atoms with Crippen LogP contribution < -0.4 is 10.1 Å². The summed E-state index contributed by atoms with van der Waals surface area (Å²) in [5.74, 6) is -6.66. The van der Waals surface area contributed by atoms with Crippen molar-refractivity contribution in [1.82, 2.24) is 4.90 Å². The maximum Gasteiger partial charge on any atom is 0.338 e.